The smallest absolute Gasteiger partial charge is 0.341 e. The van der Waals surface area contributed by atoms with E-state index in [0.29, 0.717) is 6.29 Å². The number of rotatable bonds is 7. The summed E-state index contributed by atoms with van der Waals surface area (Å²) in [6.07, 6.45) is -4.94. The maximum Gasteiger partial charge on any atom is 0.429 e. The van der Waals surface area contributed by atoms with Gasteiger partial charge in [-0.1, -0.05) is 23.4 Å². The van der Waals surface area contributed by atoms with Crippen molar-refractivity contribution < 1.29 is 35.5 Å². The fraction of sp³-hybridized carbons (Fsp3) is 0.308. The minimum Gasteiger partial charge on any atom is -0.341 e. The van der Waals surface area contributed by atoms with Gasteiger partial charge in [0.25, 0.3) is 5.91 Å². The van der Waals surface area contributed by atoms with Gasteiger partial charge in [0.05, 0.1) is 5.56 Å². The van der Waals surface area contributed by atoms with Gasteiger partial charge in [0.15, 0.2) is 6.29 Å². The van der Waals surface area contributed by atoms with Gasteiger partial charge in [0.2, 0.25) is 0 Å². The Morgan fingerprint density at radius 1 is 1.33 bits per heavy atom. The van der Waals surface area contributed by atoms with Crippen LogP contribution in [0, 0.1) is 0 Å². The fourth-order valence-electron chi connectivity index (χ4n) is 1.53. The van der Waals surface area contributed by atoms with E-state index in [4.69, 9.17) is 0 Å². The van der Waals surface area contributed by atoms with E-state index in [1.165, 1.54) is 25.2 Å². The van der Waals surface area contributed by atoms with Crippen LogP contribution in [-0.2, 0) is 14.4 Å². The zero-order chi connectivity index (χ0) is 18.4. The molecule has 0 bridgehead atoms. The maximum absolute atomic E-state index is 12.1. The minimum atomic E-state index is -4.80. The summed E-state index contributed by atoms with van der Waals surface area (Å²) in [5.41, 5.74) is 0.201. The average Bonchev–Trinajstić information content (AvgIpc) is 2.50. The molecule has 1 aromatic rings. The standard InChI is InChI=1S/C13H13F3N2O5S/c1-18(12(20)11-5-3-2-4-10(11)8-19)6-7-24(21,22)23-17-9-13(14,15)16/h2-5,8-9H,6-7H2,1H3/b17-9+. The van der Waals surface area contributed by atoms with E-state index in [-0.39, 0.29) is 17.7 Å². The van der Waals surface area contributed by atoms with Crippen molar-refractivity contribution in [2.75, 3.05) is 19.3 Å². The lowest BCUT2D eigenvalue weighted by Crippen LogP contribution is -2.32. The van der Waals surface area contributed by atoms with E-state index in [1.807, 2.05) is 0 Å². The maximum atomic E-state index is 12.1. The molecule has 0 saturated heterocycles. The fourth-order valence-corrected chi connectivity index (χ4v) is 2.28. The molecule has 11 heteroatoms. The number of amides is 1. The van der Waals surface area contributed by atoms with Crippen LogP contribution in [-0.4, -0.2) is 57.2 Å². The monoisotopic (exact) mass is 366 g/mol. The van der Waals surface area contributed by atoms with Crippen molar-refractivity contribution in [3.8, 4) is 0 Å². The molecule has 132 valence electrons. The number of halogens is 3. The highest BCUT2D eigenvalue weighted by Crippen LogP contribution is 2.12. The highest BCUT2D eigenvalue weighted by molar-refractivity contribution is 7.86. The quantitative estimate of drug-likeness (QED) is 0.414. The molecule has 24 heavy (non-hydrogen) atoms. The predicted molar refractivity (Wildman–Crippen MR) is 78.2 cm³/mol. The lowest BCUT2D eigenvalue weighted by atomic mass is 10.1. The van der Waals surface area contributed by atoms with Gasteiger partial charge < -0.3 is 4.90 Å². The topological polar surface area (TPSA) is 93.1 Å². The van der Waals surface area contributed by atoms with Crippen molar-refractivity contribution in [2.45, 2.75) is 6.18 Å². The Bertz CT molecular complexity index is 731. The number of oxime groups is 1. The van der Waals surface area contributed by atoms with E-state index < -0.39 is 34.2 Å². The Labute approximate surface area is 135 Å². The molecule has 1 amide bonds. The number of alkyl halides is 3. The molecule has 0 spiro atoms. The molecule has 1 aromatic carbocycles. The lowest BCUT2D eigenvalue weighted by molar-refractivity contribution is -0.0550. The highest BCUT2D eigenvalue weighted by Gasteiger charge is 2.25. The molecular formula is C13H13F3N2O5S. The Balaban J connectivity index is 2.68. The van der Waals surface area contributed by atoms with Crippen molar-refractivity contribution in [1.82, 2.24) is 4.90 Å². The summed E-state index contributed by atoms with van der Waals surface area (Å²) in [4.78, 5) is 24.0. The van der Waals surface area contributed by atoms with Crippen molar-refractivity contribution in [2.24, 2.45) is 5.16 Å². The summed E-state index contributed by atoms with van der Waals surface area (Å²) in [6, 6.07) is 5.89. The van der Waals surface area contributed by atoms with Crippen LogP contribution in [0.4, 0.5) is 13.2 Å². The molecule has 0 fully saturated rings. The molecule has 0 aliphatic heterocycles. The van der Waals surface area contributed by atoms with E-state index in [0.717, 1.165) is 4.90 Å². The summed E-state index contributed by atoms with van der Waals surface area (Å²) < 4.78 is 62.0. The van der Waals surface area contributed by atoms with Crippen molar-refractivity contribution in [1.29, 1.82) is 0 Å². The molecule has 0 atom stereocenters. The van der Waals surface area contributed by atoms with Gasteiger partial charge in [0.1, 0.15) is 12.0 Å². The second kappa shape index (κ2) is 7.90. The summed E-state index contributed by atoms with van der Waals surface area (Å²) in [7, 11) is -3.12. The van der Waals surface area contributed by atoms with Gasteiger partial charge in [-0.3, -0.25) is 13.9 Å². The van der Waals surface area contributed by atoms with Crippen LogP contribution < -0.4 is 0 Å². The molecule has 0 heterocycles. The molecule has 0 aromatic heterocycles. The van der Waals surface area contributed by atoms with Crippen LogP contribution in [0.1, 0.15) is 20.7 Å². The summed E-state index contributed by atoms with van der Waals surface area (Å²) >= 11 is 0. The Morgan fingerprint density at radius 2 is 1.96 bits per heavy atom. The third kappa shape index (κ3) is 6.36. The van der Waals surface area contributed by atoms with Crippen LogP contribution in [0.5, 0.6) is 0 Å². The SMILES string of the molecule is CN(CCS(=O)(=O)O/N=C/C(F)(F)F)C(=O)c1ccccc1C=O. The molecule has 0 saturated carbocycles. The number of benzene rings is 1. The van der Waals surface area contributed by atoms with E-state index in [2.05, 4.69) is 9.44 Å². The molecule has 0 unspecified atom stereocenters. The van der Waals surface area contributed by atoms with Gasteiger partial charge in [-0.2, -0.15) is 21.6 Å². The first kappa shape index (κ1) is 19.6. The highest BCUT2D eigenvalue weighted by atomic mass is 32.2. The summed E-state index contributed by atoms with van der Waals surface area (Å²) in [6.45, 7) is -0.365. The molecule has 0 aliphatic rings. The number of nitrogens with zero attached hydrogens (tertiary/aromatic N) is 2. The first-order valence-corrected chi connectivity index (χ1v) is 7.96. The molecule has 1 rings (SSSR count). The number of hydrogen-bond donors (Lipinski definition) is 0. The molecule has 0 aliphatic carbocycles. The number of aldehydes is 1. The Hall–Kier alpha value is -2.43. The zero-order valence-corrected chi connectivity index (χ0v) is 13.2. The second-order valence-electron chi connectivity index (χ2n) is 4.54. The summed E-state index contributed by atoms with van der Waals surface area (Å²) in [5.74, 6) is -1.39. The van der Waals surface area contributed by atoms with Gasteiger partial charge in [-0.05, 0) is 6.07 Å². The summed E-state index contributed by atoms with van der Waals surface area (Å²) in [5, 5.41) is 2.33. The first-order valence-electron chi connectivity index (χ1n) is 6.38. The van der Waals surface area contributed by atoms with Gasteiger partial charge in [-0.15, -0.1) is 0 Å². The second-order valence-corrected chi connectivity index (χ2v) is 6.22. The van der Waals surface area contributed by atoms with Gasteiger partial charge in [0, 0.05) is 19.2 Å². The molecule has 7 nitrogen and oxygen atoms in total. The number of hydrogen-bond acceptors (Lipinski definition) is 6. The van der Waals surface area contributed by atoms with Gasteiger partial charge in [-0.25, -0.2) is 0 Å². The van der Waals surface area contributed by atoms with Crippen molar-refractivity contribution in [3.05, 3.63) is 35.4 Å². The third-order valence-corrected chi connectivity index (χ3v) is 3.69. The van der Waals surface area contributed by atoms with Crippen molar-refractivity contribution in [3.63, 3.8) is 0 Å². The third-order valence-electron chi connectivity index (χ3n) is 2.70. The van der Waals surface area contributed by atoms with E-state index >= 15 is 0 Å². The van der Waals surface area contributed by atoms with Crippen molar-refractivity contribution >= 4 is 28.5 Å². The van der Waals surface area contributed by atoms with Crippen LogP contribution >= 0.6 is 0 Å². The average molecular weight is 366 g/mol. The zero-order valence-electron chi connectivity index (χ0n) is 12.4. The minimum absolute atomic E-state index is 0.0726. The van der Waals surface area contributed by atoms with Crippen LogP contribution in [0.3, 0.4) is 0 Å². The molecule has 0 radical (unpaired) electrons. The normalized spacial score (nSPS) is 12.2. The molecular weight excluding hydrogens is 353 g/mol. The first-order chi connectivity index (χ1) is 11.1. The van der Waals surface area contributed by atoms with Crippen LogP contribution in [0.25, 0.3) is 0 Å². The predicted octanol–water partition coefficient (Wildman–Crippen LogP) is 1.47. The lowest BCUT2D eigenvalue weighted by Gasteiger charge is -2.17. The van der Waals surface area contributed by atoms with Crippen LogP contribution in [0.15, 0.2) is 29.4 Å². The van der Waals surface area contributed by atoms with E-state index in [9.17, 15) is 31.2 Å². The largest absolute Gasteiger partial charge is 0.429 e. The van der Waals surface area contributed by atoms with Gasteiger partial charge >= 0.3 is 16.3 Å². The molecule has 0 N–H and O–H groups in total. The van der Waals surface area contributed by atoms with Crippen LogP contribution in [0.2, 0.25) is 0 Å². The van der Waals surface area contributed by atoms with E-state index in [1.54, 1.807) is 6.07 Å². The number of carbonyl (C=O) groups is 2. The Morgan fingerprint density at radius 3 is 2.54 bits per heavy atom. The Kier molecular flexibility index (Phi) is 6.46. The number of carbonyl (C=O) groups excluding carboxylic acids is 2.